The van der Waals surface area contributed by atoms with Crippen molar-refractivity contribution < 1.29 is 37.9 Å². The minimum absolute atomic E-state index is 0. The molecular formula is C21H34FLiN2O3-2. The zero-order valence-electron chi connectivity index (χ0n) is 17.7. The number of hydrogen-bond donors (Lipinski definition) is 2. The van der Waals surface area contributed by atoms with Gasteiger partial charge in [0.1, 0.15) is 5.82 Å². The molecular weight excluding hydrogens is 354 g/mol. The second-order valence-electron chi connectivity index (χ2n) is 6.38. The topological polar surface area (TPSA) is 71.5 Å². The second-order valence-corrected chi connectivity index (χ2v) is 6.38. The molecule has 1 aromatic heterocycles. The monoisotopic (exact) mass is 388 g/mol. The quantitative estimate of drug-likeness (QED) is 0.545. The number of aryl methyl sites for hydroxylation is 2. The second kappa shape index (κ2) is 18.0. The van der Waals surface area contributed by atoms with Gasteiger partial charge in [0.15, 0.2) is 0 Å². The summed E-state index contributed by atoms with van der Waals surface area (Å²) in [5.74, 6) is 0.0489. The van der Waals surface area contributed by atoms with Crippen LogP contribution in [0.5, 0.6) is 0 Å². The van der Waals surface area contributed by atoms with Gasteiger partial charge in [0.2, 0.25) is 0 Å². The fourth-order valence-electron chi connectivity index (χ4n) is 2.12. The Hall–Kier alpha value is -1.09. The molecule has 0 spiro atoms. The molecule has 0 aromatic carbocycles. The maximum atomic E-state index is 11.5. The Labute approximate surface area is 182 Å². The van der Waals surface area contributed by atoms with Gasteiger partial charge in [-0.1, -0.05) is 19.4 Å². The number of nitrogens with one attached hydrogen (secondary N) is 1. The summed E-state index contributed by atoms with van der Waals surface area (Å²) in [6.45, 7) is 13.1. The first-order valence-electron chi connectivity index (χ1n) is 9.35. The fraction of sp³-hybridized carbons (Fsp3) is 0.571. The van der Waals surface area contributed by atoms with E-state index in [1.54, 1.807) is 6.92 Å². The first kappa shape index (κ1) is 29.1. The number of nitrogens with zero attached hydrogens (tertiary/aromatic N) is 1. The van der Waals surface area contributed by atoms with Gasteiger partial charge in [-0.05, 0) is 37.1 Å². The molecule has 156 valence electrons. The molecule has 1 aliphatic heterocycles. The molecule has 0 radical (unpaired) electrons. The number of ether oxygens (including phenoxy) is 1. The summed E-state index contributed by atoms with van der Waals surface area (Å²) in [4.78, 5) is 14.5. The van der Waals surface area contributed by atoms with Gasteiger partial charge >= 0.3 is 24.8 Å². The molecule has 1 aromatic rings. The standard InChI is InChI=1S/C12H17N2.C5H9O2.C4H8FO.Li/c1-2-3-6-11-8-7-10-5-4-9-13-12(10)14-11;1-3-4(2)5(6)7;1-4(5)3-6-2;/h7-8H,1-6,9H2,(H,13,14);4H,1,3H2,2H3,(H,6,7);4H,1,3H2,2H3;/q3*-1;+1/t;4-;;/m.0../s1. The zero-order valence-corrected chi connectivity index (χ0v) is 17.7. The van der Waals surface area contributed by atoms with Crippen molar-refractivity contribution in [2.45, 2.75) is 51.6 Å². The van der Waals surface area contributed by atoms with E-state index < -0.39 is 12.1 Å². The van der Waals surface area contributed by atoms with Crippen LogP contribution in [-0.4, -0.2) is 42.5 Å². The summed E-state index contributed by atoms with van der Waals surface area (Å²) in [5, 5.41) is 11.5. The van der Waals surface area contributed by atoms with Gasteiger partial charge in [-0.2, -0.15) is 12.8 Å². The Balaban J connectivity index is 0. The van der Waals surface area contributed by atoms with Crippen LogP contribution in [0.4, 0.5) is 10.2 Å². The van der Waals surface area contributed by atoms with Gasteiger partial charge in [0, 0.05) is 31.9 Å². The van der Waals surface area contributed by atoms with E-state index in [4.69, 9.17) is 5.11 Å². The summed E-state index contributed by atoms with van der Waals surface area (Å²) in [6, 6.07) is 4.37. The molecule has 5 nitrogen and oxygen atoms in total. The molecule has 0 bridgehead atoms. The molecule has 0 saturated carbocycles. The number of pyridine rings is 1. The Kier molecular flexibility index (Phi) is 18.7. The van der Waals surface area contributed by atoms with Crippen molar-refractivity contribution in [1.82, 2.24) is 4.98 Å². The fourth-order valence-corrected chi connectivity index (χ4v) is 2.12. The number of halogens is 1. The van der Waals surface area contributed by atoms with Crippen molar-refractivity contribution in [1.29, 1.82) is 0 Å². The van der Waals surface area contributed by atoms with Crippen LogP contribution in [0.2, 0.25) is 0 Å². The van der Waals surface area contributed by atoms with Gasteiger partial charge in [-0.25, -0.2) is 4.98 Å². The molecule has 0 saturated heterocycles. The molecule has 0 fully saturated rings. The van der Waals surface area contributed by atoms with E-state index in [2.05, 4.69) is 47.9 Å². The van der Waals surface area contributed by atoms with Gasteiger partial charge in [-0.3, -0.25) is 9.18 Å². The molecule has 2 N–H and O–H groups in total. The van der Waals surface area contributed by atoms with Gasteiger partial charge < -0.3 is 35.9 Å². The van der Waals surface area contributed by atoms with Crippen molar-refractivity contribution >= 4 is 11.8 Å². The third-order valence-electron chi connectivity index (χ3n) is 3.84. The first-order chi connectivity index (χ1) is 12.8. The van der Waals surface area contributed by atoms with Gasteiger partial charge in [0.25, 0.3) is 0 Å². The van der Waals surface area contributed by atoms with E-state index in [-0.39, 0.29) is 31.4 Å². The maximum absolute atomic E-state index is 11.5. The Morgan fingerprint density at radius 2 is 2.11 bits per heavy atom. The number of carboxylic acids is 1. The van der Waals surface area contributed by atoms with E-state index in [1.807, 2.05) is 0 Å². The first-order valence-corrected chi connectivity index (χ1v) is 9.35. The molecule has 2 heterocycles. The van der Waals surface area contributed by atoms with Crippen LogP contribution in [0.1, 0.15) is 43.9 Å². The van der Waals surface area contributed by atoms with E-state index in [9.17, 15) is 9.18 Å². The van der Waals surface area contributed by atoms with Crippen LogP contribution in [0, 0.1) is 26.7 Å². The third kappa shape index (κ3) is 14.0. The Bertz CT molecular complexity index is 530. The number of alkyl halides is 1. The van der Waals surface area contributed by atoms with Crippen molar-refractivity contribution in [3.63, 3.8) is 0 Å². The number of fused-ring (bicyclic) bond motifs is 1. The molecule has 2 atom stereocenters. The molecule has 0 aliphatic carbocycles. The summed E-state index contributed by atoms with van der Waals surface area (Å²) in [7, 11) is 1.44. The average Bonchev–Trinajstić information content (AvgIpc) is 2.66. The zero-order chi connectivity index (χ0) is 20.7. The minimum atomic E-state index is -1.07. The Morgan fingerprint density at radius 3 is 2.54 bits per heavy atom. The molecule has 0 amide bonds. The van der Waals surface area contributed by atoms with Gasteiger partial charge in [0.05, 0.1) is 0 Å². The number of hydrogen-bond acceptors (Lipinski definition) is 4. The predicted molar refractivity (Wildman–Crippen MR) is 108 cm³/mol. The summed E-state index contributed by atoms with van der Waals surface area (Å²) in [6.07, 6.45) is 4.97. The summed E-state index contributed by atoms with van der Waals surface area (Å²) < 4.78 is 15.8. The Morgan fingerprint density at radius 1 is 1.43 bits per heavy atom. The number of carbonyl (C=O) groups is 1. The number of carboxylic acid groups (broad SMARTS) is 1. The summed E-state index contributed by atoms with van der Waals surface area (Å²) in [5.41, 5.74) is 2.57. The van der Waals surface area contributed by atoms with Crippen molar-refractivity contribution in [3.8, 4) is 0 Å². The normalized spacial score (nSPS) is 13.8. The van der Waals surface area contributed by atoms with Crippen LogP contribution in [0.3, 0.4) is 0 Å². The number of rotatable bonds is 7. The van der Waals surface area contributed by atoms with E-state index in [1.165, 1.54) is 31.2 Å². The van der Waals surface area contributed by atoms with Crippen LogP contribution in [0.15, 0.2) is 12.1 Å². The van der Waals surface area contributed by atoms with Crippen molar-refractivity contribution in [2.24, 2.45) is 5.92 Å². The maximum Gasteiger partial charge on any atom is 1.00 e. The largest absolute Gasteiger partial charge is 1.00 e. The number of anilines is 1. The van der Waals surface area contributed by atoms with E-state index >= 15 is 0 Å². The molecule has 7 heteroatoms. The van der Waals surface area contributed by atoms with Crippen molar-refractivity contribution in [3.05, 3.63) is 44.2 Å². The SMILES string of the molecule is [CH2-]C(F)COC.[CH2-]CCCc1ccc2c(n1)NCCC2.[CH2-]C[C@H](C)C(=O)O.[Li+]. The molecule has 2 rings (SSSR count). The number of aliphatic carboxylic acids is 1. The number of aromatic nitrogens is 1. The van der Waals surface area contributed by atoms with E-state index in [0.717, 1.165) is 31.6 Å². The molecule has 1 aliphatic rings. The summed E-state index contributed by atoms with van der Waals surface area (Å²) >= 11 is 0. The van der Waals surface area contributed by atoms with Gasteiger partial charge in [-0.15, -0.1) is 0 Å². The third-order valence-corrected chi connectivity index (χ3v) is 3.84. The molecule has 28 heavy (non-hydrogen) atoms. The van der Waals surface area contributed by atoms with Crippen molar-refractivity contribution in [2.75, 3.05) is 25.6 Å². The minimum Gasteiger partial charge on any atom is -0.481 e. The van der Waals surface area contributed by atoms with Crippen LogP contribution < -0.4 is 24.2 Å². The number of methoxy groups -OCH3 is 1. The number of unbranched alkanes of at least 4 members (excludes halogenated alkanes) is 1. The van der Waals surface area contributed by atoms with Crippen LogP contribution >= 0.6 is 0 Å². The van der Waals surface area contributed by atoms with E-state index in [0.29, 0.717) is 6.42 Å². The smallest absolute Gasteiger partial charge is 0.481 e. The molecule has 1 unspecified atom stereocenters. The average molecular weight is 388 g/mol. The predicted octanol–water partition coefficient (Wildman–Crippen LogP) is 1.34. The van der Waals surface area contributed by atoms with Crippen LogP contribution in [0.25, 0.3) is 0 Å². The van der Waals surface area contributed by atoms with Crippen LogP contribution in [-0.2, 0) is 22.4 Å².